The molecule has 0 atom stereocenters. The summed E-state index contributed by atoms with van der Waals surface area (Å²) >= 11 is 1.19. The number of aromatic nitrogens is 1. The van der Waals surface area contributed by atoms with Crippen LogP contribution in [0.1, 0.15) is 9.67 Å². The lowest BCUT2D eigenvalue weighted by Gasteiger charge is -1.99. The van der Waals surface area contributed by atoms with E-state index >= 15 is 0 Å². The molecule has 5 heteroatoms. The van der Waals surface area contributed by atoms with Crippen LogP contribution >= 0.6 is 11.3 Å². The van der Waals surface area contributed by atoms with E-state index in [4.69, 9.17) is 10.8 Å². The molecule has 0 aliphatic carbocycles. The summed E-state index contributed by atoms with van der Waals surface area (Å²) in [6, 6.07) is 6.89. The summed E-state index contributed by atoms with van der Waals surface area (Å²) in [7, 11) is 0. The minimum absolute atomic E-state index is 0.299. The minimum atomic E-state index is -0.922. The van der Waals surface area contributed by atoms with Crippen molar-refractivity contribution in [1.29, 1.82) is 0 Å². The number of hydrogen-bond acceptors (Lipinski definition) is 4. The number of carboxylic acid groups (broad SMARTS) is 1. The van der Waals surface area contributed by atoms with Crippen LogP contribution in [0.3, 0.4) is 0 Å². The van der Waals surface area contributed by atoms with Gasteiger partial charge in [0, 0.05) is 16.6 Å². The van der Waals surface area contributed by atoms with Crippen molar-refractivity contribution in [1.82, 2.24) is 4.98 Å². The SMILES string of the molecule is Nc1ncccc1-c1ccc(C(=O)O)s1. The van der Waals surface area contributed by atoms with E-state index < -0.39 is 5.97 Å². The summed E-state index contributed by atoms with van der Waals surface area (Å²) < 4.78 is 0. The molecule has 2 heterocycles. The van der Waals surface area contributed by atoms with Gasteiger partial charge in [-0.15, -0.1) is 11.3 Å². The van der Waals surface area contributed by atoms with E-state index in [1.54, 1.807) is 24.4 Å². The van der Waals surface area contributed by atoms with Crippen LogP contribution in [0.5, 0.6) is 0 Å². The lowest BCUT2D eigenvalue weighted by molar-refractivity contribution is 0.0702. The second kappa shape index (κ2) is 3.70. The van der Waals surface area contributed by atoms with Gasteiger partial charge in [-0.3, -0.25) is 0 Å². The average molecular weight is 220 g/mol. The summed E-state index contributed by atoms with van der Waals surface area (Å²) in [5.74, 6) is -0.509. The van der Waals surface area contributed by atoms with Gasteiger partial charge in [0.25, 0.3) is 0 Å². The van der Waals surface area contributed by atoms with Crippen LogP contribution in [0.25, 0.3) is 10.4 Å². The molecule has 0 bridgehead atoms. The number of thiophene rings is 1. The molecule has 15 heavy (non-hydrogen) atoms. The van der Waals surface area contributed by atoms with Crippen molar-refractivity contribution < 1.29 is 9.90 Å². The van der Waals surface area contributed by atoms with E-state index in [1.807, 2.05) is 6.07 Å². The molecular formula is C10H8N2O2S. The fourth-order valence-corrected chi connectivity index (χ4v) is 2.10. The molecule has 0 saturated heterocycles. The van der Waals surface area contributed by atoms with Crippen molar-refractivity contribution in [3.63, 3.8) is 0 Å². The third-order valence-electron chi connectivity index (χ3n) is 1.92. The van der Waals surface area contributed by atoms with Crippen molar-refractivity contribution in [2.45, 2.75) is 0 Å². The molecule has 4 nitrogen and oxygen atoms in total. The second-order valence-electron chi connectivity index (χ2n) is 2.91. The van der Waals surface area contributed by atoms with Gasteiger partial charge in [0.2, 0.25) is 0 Å². The molecule has 0 aromatic carbocycles. The Labute approximate surface area is 90.0 Å². The normalized spacial score (nSPS) is 10.1. The fraction of sp³-hybridized carbons (Fsp3) is 0. The Balaban J connectivity index is 2.46. The molecule has 0 unspecified atom stereocenters. The van der Waals surface area contributed by atoms with E-state index in [9.17, 15) is 4.79 Å². The quantitative estimate of drug-likeness (QED) is 0.812. The zero-order chi connectivity index (χ0) is 10.8. The molecule has 3 N–H and O–H groups in total. The standard InChI is InChI=1S/C10H8N2O2S/c11-9-6(2-1-5-12-9)7-3-4-8(15-7)10(13)14/h1-5H,(H2,11,12)(H,13,14). The maximum atomic E-state index is 10.7. The predicted octanol–water partition coefficient (Wildman–Crippen LogP) is 2.09. The molecule has 0 radical (unpaired) electrons. The molecular weight excluding hydrogens is 212 g/mol. The lowest BCUT2D eigenvalue weighted by Crippen LogP contribution is -1.91. The monoisotopic (exact) mass is 220 g/mol. The summed E-state index contributed by atoms with van der Waals surface area (Å²) in [6.45, 7) is 0. The highest BCUT2D eigenvalue weighted by Gasteiger charge is 2.10. The fourth-order valence-electron chi connectivity index (χ4n) is 1.22. The number of carboxylic acids is 1. The molecule has 0 aliphatic heterocycles. The van der Waals surface area contributed by atoms with Gasteiger partial charge in [0.05, 0.1) is 0 Å². The van der Waals surface area contributed by atoms with Crippen molar-refractivity contribution >= 4 is 23.1 Å². The van der Waals surface area contributed by atoms with Crippen molar-refractivity contribution in [2.24, 2.45) is 0 Å². The largest absolute Gasteiger partial charge is 0.477 e. The number of rotatable bonds is 2. The van der Waals surface area contributed by atoms with E-state index in [-0.39, 0.29) is 0 Å². The Kier molecular flexibility index (Phi) is 2.39. The number of nitrogen functional groups attached to an aromatic ring is 1. The molecule has 2 aromatic rings. The van der Waals surface area contributed by atoms with Gasteiger partial charge in [0.15, 0.2) is 0 Å². The van der Waals surface area contributed by atoms with E-state index in [0.717, 1.165) is 10.4 Å². The van der Waals surface area contributed by atoms with Crippen LogP contribution in [-0.2, 0) is 0 Å². The van der Waals surface area contributed by atoms with E-state index in [2.05, 4.69) is 4.98 Å². The first kappa shape index (κ1) is 9.67. The van der Waals surface area contributed by atoms with E-state index in [0.29, 0.717) is 10.7 Å². The number of carbonyl (C=O) groups is 1. The third-order valence-corrected chi connectivity index (χ3v) is 3.03. The van der Waals surface area contributed by atoms with Crippen molar-refractivity contribution in [3.05, 3.63) is 35.3 Å². The summed E-state index contributed by atoms with van der Waals surface area (Å²) in [6.07, 6.45) is 1.60. The number of nitrogens with zero attached hydrogens (tertiary/aromatic N) is 1. The number of nitrogens with two attached hydrogens (primary N) is 1. The number of pyridine rings is 1. The van der Waals surface area contributed by atoms with Crippen LogP contribution in [0.2, 0.25) is 0 Å². The first-order valence-electron chi connectivity index (χ1n) is 4.22. The Bertz CT molecular complexity index is 508. The van der Waals surface area contributed by atoms with Crippen molar-refractivity contribution in [2.75, 3.05) is 5.73 Å². The predicted molar refractivity (Wildman–Crippen MR) is 58.9 cm³/mol. The average Bonchev–Trinajstić information content (AvgIpc) is 2.67. The number of aromatic carboxylic acids is 1. The third kappa shape index (κ3) is 1.82. The van der Waals surface area contributed by atoms with Gasteiger partial charge in [-0.1, -0.05) is 0 Å². The zero-order valence-corrected chi connectivity index (χ0v) is 8.49. The zero-order valence-electron chi connectivity index (χ0n) is 7.68. The Morgan fingerprint density at radius 3 is 2.80 bits per heavy atom. The van der Waals surface area contributed by atoms with Crippen LogP contribution in [-0.4, -0.2) is 16.1 Å². The van der Waals surface area contributed by atoms with Crippen LogP contribution in [0, 0.1) is 0 Å². The van der Waals surface area contributed by atoms with Gasteiger partial charge in [0.1, 0.15) is 10.7 Å². The molecule has 2 aromatic heterocycles. The molecule has 0 aliphatic rings. The van der Waals surface area contributed by atoms with E-state index in [1.165, 1.54) is 11.3 Å². The van der Waals surface area contributed by atoms with Gasteiger partial charge >= 0.3 is 5.97 Å². The molecule has 0 fully saturated rings. The molecule has 76 valence electrons. The van der Waals surface area contributed by atoms with Crippen LogP contribution in [0.4, 0.5) is 5.82 Å². The van der Waals surface area contributed by atoms with Gasteiger partial charge < -0.3 is 10.8 Å². The maximum absolute atomic E-state index is 10.7. The topological polar surface area (TPSA) is 76.2 Å². The number of hydrogen-bond donors (Lipinski definition) is 2. The van der Waals surface area contributed by atoms with Gasteiger partial charge in [-0.25, -0.2) is 9.78 Å². The summed E-state index contributed by atoms with van der Waals surface area (Å²) in [5, 5.41) is 8.78. The highest BCUT2D eigenvalue weighted by molar-refractivity contribution is 7.17. The molecule has 0 amide bonds. The highest BCUT2D eigenvalue weighted by atomic mass is 32.1. The number of anilines is 1. The Morgan fingerprint density at radius 2 is 2.20 bits per heavy atom. The Hall–Kier alpha value is -1.88. The Morgan fingerprint density at radius 1 is 1.40 bits per heavy atom. The first-order valence-corrected chi connectivity index (χ1v) is 5.04. The van der Waals surface area contributed by atoms with Crippen molar-refractivity contribution in [3.8, 4) is 10.4 Å². The maximum Gasteiger partial charge on any atom is 0.345 e. The highest BCUT2D eigenvalue weighted by Crippen LogP contribution is 2.30. The lowest BCUT2D eigenvalue weighted by atomic mass is 10.2. The van der Waals surface area contributed by atoms with Crippen LogP contribution in [0.15, 0.2) is 30.5 Å². The van der Waals surface area contributed by atoms with Gasteiger partial charge in [-0.2, -0.15) is 0 Å². The molecule has 2 rings (SSSR count). The summed E-state index contributed by atoms with van der Waals surface area (Å²) in [5.41, 5.74) is 6.46. The smallest absolute Gasteiger partial charge is 0.345 e. The van der Waals surface area contributed by atoms with Gasteiger partial charge in [-0.05, 0) is 24.3 Å². The molecule has 0 saturated carbocycles. The first-order chi connectivity index (χ1) is 7.18. The minimum Gasteiger partial charge on any atom is -0.477 e. The second-order valence-corrected chi connectivity index (χ2v) is 3.99. The summed E-state index contributed by atoms with van der Waals surface area (Å²) in [4.78, 5) is 15.8. The van der Waals surface area contributed by atoms with Crippen LogP contribution < -0.4 is 5.73 Å². The molecule has 0 spiro atoms.